The maximum atomic E-state index is 13.6. The Morgan fingerprint density at radius 3 is 2.48 bits per heavy atom. The van der Waals surface area contributed by atoms with E-state index in [4.69, 9.17) is 9.72 Å². The van der Waals surface area contributed by atoms with Crippen molar-refractivity contribution in [3.8, 4) is 17.1 Å². The van der Waals surface area contributed by atoms with Gasteiger partial charge < -0.3 is 14.6 Å². The number of ether oxygens (including phenoxy) is 1. The first-order chi connectivity index (χ1) is 19.3. The van der Waals surface area contributed by atoms with Crippen molar-refractivity contribution >= 4 is 26.8 Å². The van der Waals surface area contributed by atoms with Gasteiger partial charge in [-0.05, 0) is 44.5 Å². The van der Waals surface area contributed by atoms with Gasteiger partial charge in [-0.1, -0.05) is 27.2 Å². The number of H-pyrrole nitrogens is 1. The third-order valence-electron chi connectivity index (χ3n) is 7.29. The molecule has 40 heavy (non-hydrogen) atoms. The summed E-state index contributed by atoms with van der Waals surface area (Å²) >= 11 is 0. The van der Waals surface area contributed by atoms with Crippen molar-refractivity contribution in [1.29, 1.82) is 0 Å². The number of sulfonamides is 1. The monoisotopic (exact) mass is 570 g/mol. The molecular formula is C27H38N8O4S. The molecule has 0 bridgehead atoms. The lowest BCUT2D eigenvalue weighted by molar-refractivity contribution is 0.222. The summed E-state index contributed by atoms with van der Waals surface area (Å²) in [6.07, 6.45) is 3.95. The first-order valence-corrected chi connectivity index (χ1v) is 15.6. The number of hydrogen-bond acceptors (Lipinski definition) is 8. The van der Waals surface area contributed by atoms with Crippen LogP contribution in [0, 0.1) is 0 Å². The summed E-state index contributed by atoms with van der Waals surface area (Å²) in [5, 5.41) is 8.64. The lowest BCUT2D eigenvalue weighted by Crippen LogP contribution is -2.47. The van der Waals surface area contributed by atoms with Crippen LogP contribution in [0.2, 0.25) is 0 Å². The molecule has 3 aromatic heterocycles. The Balaban J connectivity index is 1.69. The molecule has 1 N–H and O–H groups in total. The highest BCUT2D eigenvalue weighted by Gasteiger charge is 2.29. The summed E-state index contributed by atoms with van der Waals surface area (Å²) in [6.45, 7) is 9.29. The van der Waals surface area contributed by atoms with Crippen molar-refractivity contribution in [2.75, 3.05) is 39.8 Å². The number of unbranched alkanes of at least 4 members (excludes halogenated alkanes) is 1. The predicted octanol–water partition coefficient (Wildman–Crippen LogP) is 2.91. The van der Waals surface area contributed by atoms with Crippen LogP contribution in [-0.4, -0.2) is 86.6 Å². The Hall–Kier alpha value is -3.29. The molecule has 0 amide bonds. The molecule has 0 unspecified atom stereocenters. The fourth-order valence-electron chi connectivity index (χ4n) is 5.01. The highest BCUT2D eigenvalue weighted by molar-refractivity contribution is 7.89. The standard InChI is InChI=1S/C27H38N8O4S/c1-5-8-12-34-25-23(26-31-30-22(9-6-2)35(26)27(34)36)28-24(29-25)20-18-19(10-11-21(20)39-17-7-3)40(37,38)33-15-13-32(4)14-16-33/h10-11,18H,5-9,12-17H2,1-4H3,(H,28,29). The van der Waals surface area contributed by atoms with Gasteiger partial charge in [0.2, 0.25) is 10.0 Å². The van der Waals surface area contributed by atoms with Gasteiger partial charge in [-0.25, -0.2) is 22.6 Å². The molecule has 4 aromatic rings. The van der Waals surface area contributed by atoms with E-state index in [1.165, 1.54) is 4.31 Å². The molecule has 13 heteroatoms. The number of nitrogens with one attached hydrogen (secondary N) is 1. The van der Waals surface area contributed by atoms with Gasteiger partial charge in [-0.15, -0.1) is 10.2 Å². The van der Waals surface area contributed by atoms with Crippen LogP contribution in [0.4, 0.5) is 0 Å². The highest BCUT2D eigenvalue weighted by atomic mass is 32.2. The minimum atomic E-state index is -3.72. The summed E-state index contributed by atoms with van der Waals surface area (Å²) in [7, 11) is -1.73. The summed E-state index contributed by atoms with van der Waals surface area (Å²) in [4.78, 5) is 24.1. The zero-order valence-electron chi connectivity index (χ0n) is 23.7. The molecule has 12 nitrogen and oxygen atoms in total. The third-order valence-corrected chi connectivity index (χ3v) is 9.19. The maximum absolute atomic E-state index is 13.6. The number of likely N-dealkylation sites (N-methyl/N-ethyl adjacent to an activating group) is 1. The summed E-state index contributed by atoms with van der Waals surface area (Å²) in [6, 6.07) is 4.90. The van der Waals surface area contributed by atoms with Crippen LogP contribution < -0.4 is 10.4 Å². The van der Waals surface area contributed by atoms with Gasteiger partial charge in [-0.3, -0.25) is 4.57 Å². The van der Waals surface area contributed by atoms with Gasteiger partial charge in [0.15, 0.2) is 11.3 Å². The van der Waals surface area contributed by atoms with E-state index in [0.29, 0.717) is 85.5 Å². The number of aromatic nitrogens is 6. The number of piperazine rings is 1. The smallest absolute Gasteiger partial charge is 0.337 e. The average molecular weight is 571 g/mol. The Morgan fingerprint density at radius 1 is 1.00 bits per heavy atom. The fraction of sp³-hybridized carbons (Fsp3) is 0.556. The highest BCUT2D eigenvalue weighted by Crippen LogP contribution is 2.34. The second-order valence-electron chi connectivity index (χ2n) is 10.3. The van der Waals surface area contributed by atoms with Crippen LogP contribution in [0.1, 0.15) is 52.3 Å². The second kappa shape index (κ2) is 11.7. The van der Waals surface area contributed by atoms with Gasteiger partial charge in [-0.2, -0.15) is 4.31 Å². The van der Waals surface area contributed by atoms with Gasteiger partial charge in [0.25, 0.3) is 0 Å². The molecule has 4 heterocycles. The summed E-state index contributed by atoms with van der Waals surface area (Å²) in [5.41, 5.74) is 1.74. The zero-order valence-corrected chi connectivity index (χ0v) is 24.5. The number of benzene rings is 1. The molecule has 1 saturated heterocycles. The van der Waals surface area contributed by atoms with E-state index >= 15 is 0 Å². The average Bonchev–Trinajstić information content (AvgIpc) is 3.57. The molecule has 1 aliphatic rings. The molecular weight excluding hydrogens is 532 g/mol. The molecule has 1 aromatic carbocycles. The largest absolute Gasteiger partial charge is 0.493 e. The van der Waals surface area contributed by atoms with Crippen LogP contribution in [0.25, 0.3) is 28.2 Å². The molecule has 0 radical (unpaired) electrons. The number of imidazole rings is 1. The van der Waals surface area contributed by atoms with E-state index in [-0.39, 0.29) is 10.6 Å². The van der Waals surface area contributed by atoms with E-state index in [1.54, 1.807) is 27.2 Å². The number of fused-ring (bicyclic) bond motifs is 3. The molecule has 0 aliphatic carbocycles. The summed E-state index contributed by atoms with van der Waals surface area (Å²) < 4.78 is 38.0. The lowest BCUT2D eigenvalue weighted by atomic mass is 10.2. The molecule has 1 fully saturated rings. The Morgan fingerprint density at radius 2 is 1.77 bits per heavy atom. The summed E-state index contributed by atoms with van der Waals surface area (Å²) in [5.74, 6) is 1.54. The molecule has 1 aliphatic heterocycles. The maximum Gasteiger partial charge on any atom is 0.337 e. The van der Waals surface area contributed by atoms with Crippen molar-refractivity contribution in [2.45, 2.75) is 64.3 Å². The molecule has 216 valence electrons. The number of hydrogen-bond donors (Lipinski definition) is 1. The predicted molar refractivity (Wildman–Crippen MR) is 153 cm³/mol. The number of nitrogens with zero attached hydrogens (tertiary/aromatic N) is 7. The van der Waals surface area contributed by atoms with Crippen molar-refractivity contribution in [3.05, 3.63) is 34.5 Å². The number of rotatable bonds is 11. The van der Waals surface area contributed by atoms with E-state index in [2.05, 4.69) is 27.0 Å². The minimum Gasteiger partial charge on any atom is -0.493 e. The number of aromatic amines is 1. The first-order valence-electron chi connectivity index (χ1n) is 14.1. The fourth-order valence-corrected chi connectivity index (χ4v) is 6.46. The Bertz CT molecular complexity index is 1670. The van der Waals surface area contributed by atoms with Gasteiger partial charge in [0, 0.05) is 39.1 Å². The van der Waals surface area contributed by atoms with Crippen LogP contribution in [0.15, 0.2) is 27.9 Å². The van der Waals surface area contributed by atoms with Crippen LogP contribution in [0.3, 0.4) is 0 Å². The molecule has 0 atom stereocenters. The Kier molecular flexibility index (Phi) is 8.24. The van der Waals surface area contributed by atoms with Gasteiger partial charge >= 0.3 is 5.69 Å². The topological polar surface area (TPSA) is 131 Å². The quantitative estimate of drug-likeness (QED) is 0.291. The zero-order chi connectivity index (χ0) is 28.4. The SMILES string of the molecule is CCCCn1c(=O)n2c(CCC)nnc2c2[nH]c(-c3cc(S(=O)(=O)N4CCN(C)CC4)ccc3OCCC)nc21. The first kappa shape index (κ1) is 28.2. The van der Waals surface area contributed by atoms with Crippen molar-refractivity contribution in [2.24, 2.45) is 0 Å². The number of aryl methyl sites for hydroxylation is 2. The third kappa shape index (κ3) is 5.13. The normalized spacial score (nSPS) is 15.4. The van der Waals surface area contributed by atoms with Crippen molar-refractivity contribution < 1.29 is 13.2 Å². The van der Waals surface area contributed by atoms with Crippen molar-refractivity contribution in [1.82, 2.24) is 38.3 Å². The van der Waals surface area contributed by atoms with E-state index in [0.717, 1.165) is 25.7 Å². The second-order valence-corrected chi connectivity index (χ2v) is 12.2. The van der Waals surface area contributed by atoms with Crippen LogP contribution >= 0.6 is 0 Å². The van der Waals surface area contributed by atoms with Crippen LogP contribution in [-0.2, 0) is 23.0 Å². The minimum absolute atomic E-state index is 0.178. The van der Waals surface area contributed by atoms with E-state index < -0.39 is 10.0 Å². The lowest BCUT2D eigenvalue weighted by Gasteiger charge is -2.31. The molecule has 0 saturated carbocycles. The van der Waals surface area contributed by atoms with Crippen LogP contribution in [0.5, 0.6) is 5.75 Å². The van der Waals surface area contributed by atoms with Gasteiger partial charge in [0.1, 0.15) is 22.9 Å². The molecule has 5 rings (SSSR count). The van der Waals surface area contributed by atoms with E-state index in [1.807, 2.05) is 20.9 Å². The van der Waals surface area contributed by atoms with Crippen molar-refractivity contribution in [3.63, 3.8) is 0 Å². The Labute approximate surface area is 234 Å². The van der Waals surface area contributed by atoms with E-state index in [9.17, 15) is 13.2 Å². The molecule has 0 spiro atoms. The van der Waals surface area contributed by atoms with Gasteiger partial charge in [0.05, 0.1) is 17.1 Å².